The van der Waals surface area contributed by atoms with Gasteiger partial charge in [0.15, 0.2) is 0 Å². The molecule has 7 heteroatoms. The van der Waals surface area contributed by atoms with Crippen molar-refractivity contribution in [1.29, 1.82) is 0 Å². The van der Waals surface area contributed by atoms with Gasteiger partial charge in [0.25, 0.3) is 5.69 Å². The van der Waals surface area contributed by atoms with Crippen molar-refractivity contribution in [2.75, 3.05) is 5.32 Å². The average Bonchev–Trinajstić information content (AvgIpc) is 3.31. The van der Waals surface area contributed by atoms with Gasteiger partial charge in [-0.2, -0.15) is 0 Å². The quantitative estimate of drug-likeness (QED) is 0.640. The zero-order chi connectivity index (χ0) is 16.6. The van der Waals surface area contributed by atoms with Gasteiger partial charge < -0.3 is 5.32 Å². The summed E-state index contributed by atoms with van der Waals surface area (Å²) in [5, 5.41) is 13.3. The van der Waals surface area contributed by atoms with Crippen LogP contribution in [-0.2, 0) is 10.2 Å². The van der Waals surface area contributed by atoms with E-state index < -0.39 is 16.2 Å². The molecule has 23 heavy (non-hydrogen) atoms. The molecule has 0 aromatic heterocycles. The summed E-state index contributed by atoms with van der Waals surface area (Å²) >= 11 is 3.34. The average molecular weight is 379 g/mol. The number of nitro benzene ring substituents is 1. The van der Waals surface area contributed by atoms with Crippen molar-refractivity contribution in [3.63, 3.8) is 0 Å². The van der Waals surface area contributed by atoms with Crippen LogP contribution < -0.4 is 5.32 Å². The minimum Gasteiger partial charge on any atom is -0.323 e. The molecule has 1 aliphatic carbocycles. The van der Waals surface area contributed by atoms with Crippen molar-refractivity contribution in [2.45, 2.75) is 18.3 Å². The predicted molar refractivity (Wildman–Crippen MR) is 86.7 cm³/mol. The zero-order valence-corrected chi connectivity index (χ0v) is 13.5. The summed E-state index contributed by atoms with van der Waals surface area (Å²) in [7, 11) is 0. The molecule has 0 unspecified atom stereocenters. The normalized spacial score (nSPS) is 15.0. The monoisotopic (exact) mass is 378 g/mol. The maximum atomic E-state index is 13.8. The molecule has 2 aromatic carbocycles. The third-order valence-corrected chi connectivity index (χ3v) is 4.52. The molecule has 3 rings (SSSR count). The highest BCUT2D eigenvalue weighted by molar-refractivity contribution is 9.10. The first-order valence-corrected chi connectivity index (χ1v) is 7.73. The van der Waals surface area contributed by atoms with E-state index in [-0.39, 0.29) is 17.3 Å². The maximum Gasteiger partial charge on any atom is 0.271 e. The molecule has 1 amide bonds. The number of hydrogen-bond donors (Lipinski definition) is 1. The number of hydrogen-bond acceptors (Lipinski definition) is 3. The Morgan fingerprint density at radius 1 is 1.22 bits per heavy atom. The lowest BCUT2D eigenvalue weighted by Crippen LogP contribution is -2.28. The second-order valence-electron chi connectivity index (χ2n) is 5.46. The van der Waals surface area contributed by atoms with E-state index in [4.69, 9.17) is 0 Å². The summed E-state index contributed by atoms with van der Waals surface area (Å²) < 4.78 is 14.7. The number of carbonyl (C=O) groups excluding carboxylic acids is 1. The van der Waals surface area contributed by atoms with Gasteiger partial charge in [-0.05, 0) is 36.6 Å². The first-order valence-electron chi connectivity index (χ1n) is 6.94. The molecular formula is C16H12BrFN2O3. The van der Waals surface area contributed by atoms with Gasteiger partial charge >= 0.3 is 0 Å². The van der Waals surface area contributed by atoms with Crippen LogP contribution in [0.15, 0.2) is 46.9 Å². The first-order chi connectivity index (χ1) is 10.9. The van der Waals surface area contributed by atoms with Gasteiger partial charge in [-0.25, -0.2) is 4.39 Å². The summed E-state index contributed by atoms with van der Waals surface area (Å²) in [6.45, 7) is 0. The number of benzene rings is 2. The molecule has 0 saturated heterocycles. The topological polar surface area (TPSA) is 72.2 Å². The standard InChI is InChI=1S/C16H12BrFN2O3/c17-11-3-1-10(2-4-11)16(7-8-16)15(21)19-14-9-12(20(22)23)5-6-13(14)18/h1-6,9H,7-8H2,(H,19,21). The predicted octanol–water partition coefficient (Wildman–Crippen LogP) is 4.17. The van der Waals surface area contributed by atoms with Crippen LogP contribution in [0.1, 0.15) is 18.4 Å². The Bertz CT molecular complexity index is 788. The number of rotatable bonds is 4. The Morgan fingerprint density at radius 2 is 1.87 bits per heavy atom. The van der Waals surface area contributed by atoms with Gasteiger partial charge in [-0.15, -0.1) is 0 Å². The third-order valence-electron chi connectivity index (χ3n) is 3.99. The fourth-order valence-electron chi connectivity index (χ4n) is 2.51. The zero-order valence-electron chi connectivity index (χ0n) is 11.9. The van der Waals surface area contributed by atoms with Gasteiger partial charge in [0.05, 0.1) is 16.0 Å². The second kappa shape index (κ2) is 5.73. The summed E-state index contributed by atoms with van der Waals surface area (Å²) in [6, 6.07) is 10.5. The molecule has 2 aromatic rings. The van der Waals surface area contributed by atoms with E-state index in [1.807, 2.05) is 24.3 Å². The highest BCUT2D eigenvalue weighted by Crippen LogP contribution is 2.49. The Kier molecular flexibility index (Phi) is 3.89. The van der Waals surface area contributed by atoms with Crippen molar-refractivity contribution < 1.29 is 14.1 Å². The van der Waals surface area contributed by atoms with Crippen LogP contribution in [0, 0.1) is 15.9 Å². The van der Waals surface area contributed by atoms with Crippen LogP contribution in [-0.4, -0.2) is 10.8 Å². The maximum absolute atomic E-state index is 13.8. The van der Waals surface area contributed by atoms with Gasteiger partial charge in [-0.1, -0.05) is 28.1 Å². The van der Waals surface area contributed by atoms with Crippen molar-refractivity contribution in [2.24, 2.45) is 0 Å². The summed E-state index contributed by atoms with van der Waals surface area (Å²) in [5.74, 6) is -1.05. The molecule has 1 fully saturated rings. The van der Waals surface area contributed by atoms with Crippen LogP contribution in [0.2, 0.25) is 0 Å². The van der Waals surface area contributed by atoms with E-state index >= 15 is 0 Å². The molecule has 0 heterocycles. The van der Waals surface area contributed by atoms with Crippen molar-refractivity contribution in [1.82, 2.24) is 0 Å². The van der Waals surface area contributed by atoms with Crippen molar-refractivity contribution >= 4 is 33.2 Å². The molecular weight excluding hydrogens is 367 g/mol. The van der Waals surface area contributed by atoms with Crippen molar-refractivity contribution in [3.05, 3.63) is 68.4 Å². The van der Waals surface area contributed by atoms with Crippen molar-refractivity contribution in [3.8, 4) is 0 Å². The fourth-order valence-corrected chi connectivity index (χ4v) is 2.77. The summed E-state index contributed by atoms with van der Waals surface area (Å²) in [4.78, 5) is 22.7. The SMILES string of the molecule is O=C(Nc1cc([N+](=O)[O-])ccc1F)C1(c2ccc(Br)cc2)CC1. The van der Waals surface area contributed by atoms with E-state index in [1.54, 1.807) is 0 Å². The Hall–Kier alpha value is -2.28. The Labute approximate surface area is 139 Å². The number of amides is 1. The van der Waals surface area contributed by atoms with E-state index in [1.165, 1.54) is 0 Å². The van der Waals surface area contributed by atoms with Crippen LogP contribution in [0.4, 0.5) is 15.8 Å². The number of non-ortho nitro benzene ring substituents is 1. The van der Waals surface area contributed by atoms with Crippen LogP contribution in [0.5, 0.6) is 0 Å². The lowest BCUT2D eigenvalue weighted by atomic mass is 9.95. The fraction of sp³-hybridized carbons (Fsp3) is 0.188. The Morgan fingerprint density at radius 3 is 2.43 bits per heavy atom. The molecule has 5 nitrogen and oxygen atoms in total. The molecule has 0 radical (unpaired) electrons. The smallest absolute Gasteiger partial charge is 0.271 e. The summed E-state index contributed by atoms with van der Waals surface area (Å²) in [6.07, 6.45) is 1.33. The molecule has 0 bridgehead atoms. The van der Waals surface area contributed by atoms with Gasteiger partial charge in [0.2, 0.25) is 5.91 Å². The number of halogens is 2. The van der Waals surface area contributed by atoms with Crippen LogP contribution in [0.25, 0.3) is 0 Å². The molecule has 0 atom stereocenters. The third kappa shape index (κ3) is 2.96. The Balaban J connectivity index is 1.86. The van der Waals surface area contributed by atoms with Crippen LogP contribution in [0.3, 0.4) is 0 Å². The van der Waals surface area contributed by atoms with E-state index in [2.05, 4.69) is 21.2 Å². The van der Waals surface area contributed by atoms with E-state index in [9.17, 15) is 19.3 Å². The van der Waals surface area contributed by atoms with Gasteiger partial charge in [0.1, 0.15) is 5.82 Å². The second-order valence-corrected chi connectivity index (χ2v) is 6.38. The lowest BCUT2D eigenvalue weighted by molar-refractivity contribution is -0.384. The number of nitro groups is 1. The van der Waals surface area contributed by atoms with Crippen LogP contribution >= 0.6 is 15.9 Å². The van der Waals surface area contributed by atoms with Gasteiger partial charge in [-0.3, -0.25) is 14.9 Å². The van der Waals surface area contributed by atoms with E-state index in [0.29, 0.717) is 12.8 Å². The molecule has 1 saturated carbocycles. The molecule has 0 aliphatic heterocycles. The summed E-state index contributed by atoms with van der Waals surface area (Å²) in [5.41, 5.74) is -0.274. The largest absolute Gasteiger partial charge is 0.323 e. The van der Waals surface area contributed by atoms with E-state index in [0.717, 1.165) is 28.2 Å². The molecule has 1 N–H and O–H groups in total. The first kappa shape index (κ1) is 15.6. The number of nitrogens with zero attached hydrogens (tertiary/aromatic N) is 1. The molecule has 0 spiro atoms. The molecule has 1 aliphatic rings. The molecule has 118 valence electrons. The highest BCUT2D eigenvalue weighted by atomic mass is 79.9. The highest BCUT2D eigenvalue weighted by Gasteiger charge is 2.51. The van der Waals surface area contributed by atoms with Gasteiger partial charge in [0, 0.05) is 16.6 Å². The number of anilines is 1. The lowest BCUT2D eigenvalue weighted by Gasteiger charge is -2.16. The minimum absolute atomic E-state index is 0.174. The number of nitrogens with one attached hydrogen (secondary N) is 1. The number of carbonyl (C=O) groups is 1. The minimum atomic E-state index is -0.699.